The Labute approximate surface area is 209 Å². The molecule has 2 aromatic rings. The van der Waals surface area contributed by atoms with Gasteiger partial charge < -0.3 is 5.11 Å². The molecule has 4 aliphatic carbocycles. The molecule has 0 bridgehead atoms. The Morgan fingerprint density at radius 2 is 1.91 bits per heavy atom. The lowest BCUT2D eigenvalue weighted by Gasteiger charge is -2.59. The highest BCUT2D eigenvalue weighted by molar-refractivity contribution is 5.91. The van der Waals surface area contributed by atoms with E-state index < -0.39 is 5.60 Å². The van der Waals surface area contributed by atoms with Crippen LogP contribution in [0.4, 0.5) is 0 Å². The number of allylic oxidation sites excluding steroid dienone is 1. The van der Waals surface area contributed by atoms with E-state index in [0.717, 1.165) is 44.1 Å². The highest BCUT2D eigenvalue weighted by atomic mass is 16.3. The normalized spacial score (nSPS) is 38.2. The van der Waals surface area contributed by atoms with Gasteiger partial charge in [0.05, 0.1) is 5.60 Å². The summed E-state index contributed by atoms with van der Waals surface area (Å²) in [6.07, 6.45) is 15.2. The fourth-order valence-corrected chi connectivity index (χ4v) is 8.77. The van der Waals surface area contributed by atoms with E-state index in [1.54, 1.807) is 0 Å². The number of hydrogen-bond acceptors (Lipinski definition) is 3. The fourth-order valence-electron chi connectivity index (χ4n) is 8.77. The summed E-state index contributed by atoms with van der Waals surface area (Å²) in [5, 5.41) is 11.9. The predicted molar refractivity (Wildman–Crippen MR) is 140 cm³/mol. The van der Waals surface area contributed by atoms with E-state index in [9.17, 15) is 9.90 Å². The van der Waals surface area contributed by atoms with Gasteiger partial charge in [-0.05, 0) is 103 Å². The maximum atomic E-state index is 12.3. The second-order valence-corrected chi connectivity index (χ2v) is 11.9. The van der Waals surface area contributed by atoms with Gasteiger partial charge in [0.15, 0.2) is 5.78 Å². The first-order valence-corrected chi connectivity index (χ1v) is 13.5. The zero-order chi connectivity index (χ0) is 24.2. The van der Waals surface area contributed by atoms with E-state index >= 15 is 0 Å². The van der Waals surface area contributed by atoms with Crippen LogP contribution in [0.25, 0.3) is 11.1 Å². The fraction of sp³-hybridized carbons (Fsp3) is 0.500. The average molecular weight is 468 g/mol. The van der Waals surface area contributed by atoms with Crippen molar-refractivity contribution in [1.29, 1.82) is 0 Å². The van der Waals surface area contributed by atoms with Gasteiger partial charge in [-0.2, -0.15) is 0 Å². The molecule has 3 heteroatoms. The van der Waals surface area contributed by atoms with Crippen molar-refractivity contribution >= 4 is 5.78 Å². The van der Waals surface area contributed by atoms with Gasteiger partial charge in [-0.1, -0.05) is 48.9 Å². The van der Waals surface area contributed by atoms with E-state index in [-0.39, 0.29) is 5.41 Å². The lowest BCUT2D eigenvalue weighted by atomic mass is 9.46. The molecule has 1 aromatic carbocycles. The third-order valence-corrected chi connectivity index (χ3v) is 10.4. The molecule has 1 heterocycles. The molecule has 0 spiro atoms. The summed E-state index contributed by atoms with van der Waals surface area (Å²) in [6, 6.07) is 13.2. The Morgan fingerprint density at radius 1 is 1.09 bits per heavy atom. The highest BCUT2D eigenvalue weighted by Crippen LogP contribution is 2.68. The van der Waals surface area contributed by atoms with Crippen LogP contribution in [-0.2, 0) is 4.79 Å². The van der Waals surface area contributed by atoms with E-state index in [2.05, 4.69) is 48.8 Å². The third-order valence-electron chi connectivity index (χ3n) is 10.4. The average Bonchev–Trinajstić information content (AvgIpc) is 3.14. The molecule has 1 aromatic heterocycles. The van der Waals surface area contributed by atoms with Crippen LogP contribution in [-0.4, -0.2) is 21.5 Å². The molecule has 0 saturated heterocycles. The molecule has 0 radical (unpaired) electrons. The predicted octanol–water partition coefficient (Wildman–Crippen LogP) is 6.89. The SMILES string of the molecule is C=CC[C@]1(O)CC[C@H]2[C@@H]3CCC4=CC(=O)CC[C@@H]4[C@H]3[C@@H](c3ccc(-c4cccnc4)cc3)C[C@@]21C. The minimum atomic E-state index is -0.670. The standard InChI is InChI=1S/C32H37NO2/c1-3-15-32(35)16-14-29-27-12-10-23-18-25(34)11-13-26(23)30(27)28(19-31(29,32)2)22-8-6-21(7-9-22)24-5-4-17-33-20-24/h3-9,17-18,20,26-30,35H,1,10-16,19H2,2H3/t26-,27-,28+,29-,30+,31-,32-/m0/s1. The first-order chi connectivity index (χ1) is 16.9. The van der Waals surface area contributed by atoms with Gasteiger partial charge in [-0.15, -0.1) is 6.58 Å². The number of aliphatic hydroxyl groups is 1. The van der Waals surface area contributed by atoms with Crippen LogP contribution in [0.5, 0.6) is 0 Å². The molecule has 0 aliphatic heterocycles. The van der Waals surface area contributed by atoms with Crippen molar-refractivity contribution in [2.75, 3.05) is 0 Å². The Hall–Kier alpha value is -2.52. The van der Waals surface area contributed by atoms with E-state index in [0.29, 0.717) is 48.2 Å². The number of hydrogen-bond donors (Lipinski definition) is 1. The van der Waals surface area contributed by atoms with Crippen LogP contribution >= 0.6 is 0 Å². The summed E-state index contributed by atoms with van der Waals surface area (Å²) >= 11 is 0. The Kier molecular flexibility index (Phi) is 5.60. The van der Waals surface area contributed by atoms with Crippen molar-refractivity contribution in [2.24, 2.45) is 29.1 Å². The molecule has 182 valence electrons. The maximum Gasteiger partial charge on any atom is 0.155 e. The number of nitrogens with zero attached hydrogens (tertiary/aromatic N) is 1. The van der Waals surface area contributed by atoms with Crippen molar-refractivity contribution < 1.29 is 9.90 Å². The Bertz CT molecular complexity index is 1150. The third kappa shape index (κ3) is 3.57. The van der Waals surface area contributed by atoms with Crippen LogP contribution in [0.15, 0.2) is 73.1 Å². The molecule has 7 atom stereocenters. The van der Waals surface area contributed by atoms with Crippen LogP contribution in [0.2, 0.25) is 0 Å². The zero-order valence-electron chi connectivity index (χ0n) is 20.8. The minimum absolute atomic E-state index is 0.110. The lowest BCUT2D eigenvalue weighted by Crippen LogP contribution is -2.55. The number of rotatable bonds is 4. The number of benzene rings is 1. The first kappa shape index (κ1) is 22.9. The molecule has 6 rings (SSSR count). The van der Waals surface area contributed by atoms with Gasteiger partial charge >= 0.3 is 0 Å². The van der Waals surface area contributed by atoms with Gasteiger partial charge in [0.2, 0.25) is 0 Å². The van der Waals surface area contributed by atoms with Crippen LogP contribution < -0.4 is 0 Å². The number of carbonyl (C=O) groups excluding carboxylic acids is 1. The Morgan fingerprint density at radius 3 is 2.66 bits per heavy atom. The first-order valence-electron chi connectivity index (χ1n) is 13.5. The lowest BCUT2D eigenvalue weighted by molar-refractivity contribution is -0.125. The number of ketones is 1. The van der Waals surface area contributed by atoms with E-state index in [1.165, 1.54) is 16.7 Å². The summed E-state index contributed by atoms with van der Waals surface area (Å²) in [7, 11) is 0. The second-order valence-electron chi connectivity index (χ2n) is 11.9. The number of aromatic nitrogens is 1. The van der Waals surface area contributed by atoms with Gasteiger partial charge in [0, 0.05) is 24.2 Å². The summed E-state index contributed by atoms with van der Waals surface area (Å²) < 4.78 is 0. The number of pyridine rings is 1. The highest BCUT2D eigenvalue weighted by Gasteiger charge is 2.64. The summed E-state index contributed by atoms with van der Waals surface area (Å²) in [5.41, 5.74) is 4.34. The van der Waals surface area contributed by atoms with Crippen molar-refractivity contribution in [3.8, 4) is 11.1 Å². The quantitative estimate of drug-likeness (QED) is 0.498. The second kappa shape index (κ2) is 8.55. The Balaban J connectivity index is 1.42. The smallest absolute Gasteiger partial charge is 0.155 e. The van der Waals surface area contributed by atoms with Crippen molar-refractivity contribution in [3.63, 3.8) is 0 Å². The van der Waals surface area contributed by atoms with Gasteiger partial charge in [-0.3, -0.25) is 9.78 Å². The summed E-state index contributed by atoms with van der Waals surface area (Å²) in [5.74, 6) is 2.91. The minimum Gasteiger partial charge on any atom is -0.389 e. The summed E-state index contributed by atoms with van der Waals surface area (Å²) in [4.78, 5) is 16.6. The topological polar surface area (TPSA) is 50.2 Å². The summed E-state index contributed by atoms with van der Waals surface area (Å²) in [6.45, 7) is 6.36. The number of carbonyl (C=O) groups is 1. The molecule has 1 N–H and O–H groups in total. The molecule has 0 unspecified atom stereocenters. The molecule has 4 aliphatic rings. The molecule has 0 amide bonds. The van der Waals surface area contributed by atoms with E-state index in [4.69, 9.17) is 0 Å². The van der Waals surface area contributed by atoms with Gasteiger partial charge in [0.1, 0.15) is 0 Å². The maximum absolute atomic E-state index is 12.3. The molecule has 35 heavy (non-hydrogen) atoms. The molecule has 3 saturated carbocycles. The largest absolute Gasteiger partial charge is 0.389 e. The van der Waals surface area contributed by atoms with Crippen molar-refractivity contribution in [1.82, 2.24) is 4.98 Å². The van der Waals surface area contributed by atoms with Crippen LogP contribution in [0.1, 0.15) is 69.8 Å². The monoisotopic (exact) mass is 467 g/mol. The van der Waals surface area contributed by atoms with E-state index in [1.807, 2.05) is 30.6 Å². The van der Waals surface area contributed by atoms with Gasteiger partial charge in [0.25, 0.3) is 0 Å². The molecule has 3 nitrogen and oxygen atoms in total. The van der Waals surface area contributed by atoms with Gasteiger partial charge in [-0.25, -0.2) is 0 Å². The molecular formula is C32H37NO2. The van der Waals surface area contributed by atoms with Crippen molar-refractivity contribution in [3.05, 3.63) is 78.7 Å². The zero-order valence-corrected chi connectivity index (χ0v) is 20.8. The van der Waals surface area contributed by atoms with Crippen LogP contribution in [0, 0.1) is 29.1 Å². The van der Waals surface area contributed by atoms with Crippen molar-refractivity contribution in [2.45, 2.75) is 69.8 Å². The molecular weight excluding hydrogens is 430 g/mol. The molecule has 3 fully saturated rings. The number of fused-ring (bicyclic) bond motifs is 5. The van der Waals surface area contributed by atoms with Crippen LogP contribution in [0.3, 0.4) is 0 Å².